The normalized spacial score (nSPS) is 10.4. The van der Waals surface area contributed by atoms with Crippen molar-refractivity contribution in [2.24, 2.45) is 0 Å². The van der Waals surface area contributed by atoms with Crippen molar-refractivity contribution >= 4 is 33.3 Å². The smallest absolute Gasteiger partial charge is 0.162 e. The van der Waals surface area contributed by atoms with Crippen LogP contribution in [0.2, 0.25) is 0 Å². The van der Waals surface area contributed by atoms with Gasteiger partial charge in [0.2, 0.25) is 0 Å². The summed E-state index contributed by atoms with van der Waals surface area (Å²) in [5.41, 5.74) is 0.672. The number of ether oxygens (including phenoxy) is 2. The van der Waals surface area contributed by atoms with Crippen molar-refractivity contribution in [1.82, 2.24) is 0 Å². The van der Waals surface area contributed by atoms with Crippen LogP contribution in [0.4, 0.5) is 0 Å². The summed E-state index contributed by atoms with van der Waals surface area (Å²) in [6.07, 6.45) is 1.17. The number of methoxy groups -OCH3 is 1. The highest BCUT2D eigenvalue weighted by Crippen LogP contribution is 2.26. The first-order valence-corrected chi connectivity index (χ1v) is 7.02. The summed E-state index contributed by atoms with van der Waals surface area (Å²) in [4.78, 5) is 11.8. The van der Waals surface area contributed by atoms with Gasteiger partial charge in [0.05, 0.1) is 11.1 Å². The highest BCUT2D eigenvalue weighted by atomic mass is 79.9. The number of hydrogen-bond acceptors (Lipinski definition) is 3. The van der Waals surface area contributed by atoms with Crippen LogP contribution in [0, 0.1) is 0 Å². The van der Waals surface area contributed by atoms with Crippen LogP contribution in [0.5, 0.6) is 5.75 Å². The van der Waals surface area contributed by atoms with E-state index in [9.17, 15) is 4.79 Å². The van der Waals surface area contributed by atoms with E-state index in [4.69, 9.17) is 21.1 Å². The Kier molecular flexibility index (Phi) is 7.32. The molecule has 0 atom stereocenters. The summed E-state index contributed by atoms with van der Waals surface area (Å²) in [6.45, 7) is 1.01. The zero-order valence-electron chi connectivity index (χ0n) is 10.2. The Hall–Kier alpha value is -0.580. The van der Waals surface area contributed by atoms with Gasteiger partial charge in [0, 0.05) is 25.0 Å². The maximum atomic E-state index is 11.8. The maximum absolute atomic E-state index is 11.8. The summed E-state index contributed by atoms with van der Waals surface area (Å²) < 4.78 is 11.2. The molecule has 0 amide bonds. The van der Waals surface area contributed by atoms with Crippen molar-refractivity contribution in [1.29, 1.82) is 0 Å². The molecular weight excluding hydrogens is 319 g/mol. The van der Waals surface area contributed by atoms with Crippen LogP contribution in [0.15, 0.2) is 22.7 Å². The van der Waals surface area contributed by atoms with Crippen LogP contribution < -0.4 is 4.74 Å². The van der Waals surface area contributed by atoms with Crippen LogP contribution >= 0.6 is 27.5 Å². The molecule has 5 heteroatoms. The molecule has 1 aromatic rings. The third-order valence-corrected chi connectivity index (χ3v) is 3.22. The molecule has 0 saturated carbocycles. The summed E-state index contributed by atoms with van der Waals surface area (Å²) in [5, 5.41) is 0. The summed E-state index contributed by atoms with van der Waals surface area (Å²) in [7, 11) is 1.62. The molecule has 1 aromatic carbocycles. The molecule has 0 saturated heterocycles. The number of benzene rings is 1. The van der Waals surface area contributed by atoms with Gasteiger partial charge in [-0.2, -0.15) is 0 Å². The van der Waals surface area contributed by atoms with Crippen molar-refractivity contribution in [2.45, 2.75) is 12.8 Å². The topological polar surface area (TPSA) is 35.5 Å². The van der Waals surface area contributed by atoms with E-state index in [1.54, 1.807) is 25.3 Å². The molecule has 3 nitrogen and oxygen atoms in total. The van der Waals surface area contributed by atoms with Gasteiger partial charge in [0.25, 0.3) is 0 Å². The SMILES string of the molecule is COCCOc1ccc(C(=O)CCCCl)cc1Br. The van der Waals surface area contributed by atoms with Gasteiger partial charge in [0.15, 0.2) is 5.78 Å². The number of carbonyl (C=O) groups is 1. The lowest BCUT2D eigenvalue weighted by molar-refractivity contribution is 0.0981. The van der Waals surface area contributed by atoms with Crippen molar-refractivity contribution in [3.8, 4) is 5.75 Å². The van der Waals surface area contributed by atoms with Crippen molar-refractivity contribution in [2.75, 3.05) is 26.2 Å². The van der Waals surface area contributed by atoms with Gasteiger partial charge in [-0.1, -0.05) is 0 Å². The highest BCUT2D eigenvalue weighted by Gasteiger charge is 2.09. The number of hydrogen-bond donors (Lipinski definition) is 0. The van der Waals surface area contributed by atoms with Crippen LogP contribution in [0.1, 0.15) is 23.2 Å². The van der Waals surface area contributed by atoms with Gasteiger partial charge in [-0.15, -0.1) is 11.6 Å². The predicted molar refractivity (Wildman–Crippen MR) is 75.8 cm³/mol. The molecule has 100 valence electrons. The van der Waals surface area contributed by atoms with Gasteiger partial charge in [-0.05, 0) is 40.5 Å². The van der Waals surface area contributed by atoms with E-state index in [2.05, 4.69) is 15.9 Å². The second-order valence-corrected chi connectivity index (χ2v) is 4.93. The summed E-state index contributed by atoms with van der Waals surface area (Å²) in [5.74, 6) is 1.31. The lowest BCUT2D eigenvalue weighted by atomic mass is 10.1. The molecule has 0 fully saturated rings. The molecule has 0 unspecified atom stereocenters. The minimum Gasteiger partial charge on any atom is -0.490 e. The minimum atomic E-state index is 0.0970. The van der Waals surface area contributed by atoms with Crippen molar-refractivity contribution in [3.05, 3.63) is 28.2 Å². The Balaban J connectivity index is 2.63. The molecule has 0 aromatic heterocycles. The Morgan fingerprint density at radius 2 is 2.17 bits per heavy atom. The molecule has 0 radical (unpaired) electrons. The van der Waals surface area contributed by atoms with Gasteiger partial charge in [0.1, 0.15) is 12.4 Å². The fourth-order valence-electron chi connectivity index (χ4n) is 1.40. The molecule has 0 aliphatic rings. The van der Waals surface area contributed by atoms with Gasteiger partial charge in [-0.25, -0.2) is 0 Å². The third kappa shape index (κ3) is 4.96. The van der Waals surface area contributed by atoms with Crippen LogP contribution in [0.3, 0.4) is 0 Å². The largest absolute Gasteiger partial charge is 0.490 e. The van der Waals surface area contributed by atoms with E-state index >= 15 is 0 Å². The van der Waals surface area contributed by atoms with E-state index in [0.717, 1.165) is 4.47 Å². The average molecular weight is 336 g/mol. The van der Waals surface area contributed by atoms with E-state index in [1.807, 2.05) is 0 Å². The molecular formula is C13H16BrClO3. The Bertz CT molecular complexity index is 396. The van der Waals surface area contributed by atoms with Crippen LogP contribution in [-0.4, -0.2) is 32.0 Å². The first-order valence-electron chi connectivity index (χ1n) is 5.69. The molecule has 0 aliphatic carbocycles. The fraction of sp³-hybridized carbons (Fsp3) is 0.462. The van der Waals surface area contributed by atoms with Crippen LogP contribution in [-0.2, 0) is 4.74 Å². The van der Waals surface area contributed by atoms with Crippen molar-refractivity contribution in [3.63, 3.8) is 0 Å². The molecule has 0 spiro atoms. The number of halogens is 2. The summed E-state index contributed by atoms with van der Waals surface area (Å²) >= 11 is 8.96. The lowest BCUT2D eigenvalue weighted by Gasteiger charge is -2.09. The number of alkyl halides is 1. The lowest BCUT2D eigenvalue weighted by Crippen LogP contribution is -2.05. The summed E-state index contributed by atoms with van der Waals surface area (Å²) in [6, 6.07) is 5.33. The van der Waals surface area contributed by atoms with Gasteiger partial charge in [-0.3, -0.25) is 4.79 Å². The third-order valence-electron chi connectivity index (χ3n) is 2.34. The monoisotopic (exact) mass is 334 g/mol. The number of carbonyl (C=O) groups excluding carboxylic acids is 1. The molecule has 0 bridgehead atoms. The zero-order chi connectivity index (χ0) is 13.4. The highest BCUT2D eigenvalue weighted by molar-refractivity contribution is 9.10. The standard InChI is InChI=1S/C13H16BrClO3/c1-17-7-8-18-13-5-4-10(9-11(13)14)12(16)3-2-6-15/h4-5,9H,2-3,6-8H2,1H3. The van der Waals surface area contributed by atoms with Crippen LogP contribution in [0.25, 0.3) is 0 Å². The first kappa shape index (κ1) is 15.5. The average Bonchev–Trinajstić information content (AvgIpc) is 2.38. The molecule has 0 aliphatic heterocycles. The zero-order valence-corrected chi connectivity index (χ0v) is 12.6. The number of Topliss-reactive ketones (excluding diaryl/α,β-unsaturated/α-hetero) is 1. The van der Waals surface area contributed by atoms with Gasteiger partial charge < -0.3 is 9.47 Å². The second kappa shape index (κ2) is 8.51. The molecule has 18 heavy (non-hydrogen) atoms. The Labute approximate surface area is 121 Å². The number of rotatable bonds is 8. The minimum absolute atomic E-state index is 0.0970. The first-order chi connectivity index (χ1) is 8.69. The van der Waals surface area contributed by atoms with E-state index < -0.39 is 0 Å². The van der Waals surface area contributed by atoms with E-state index in [0.29, 0.717) is 43.2 Å². The predicted octanol–water partition coefficient (Wildman–Crippen LogP) is 3.68. The Morgan fingerprint density at radius 3 is 2.78 bits per heavy atom. The molecule has 0 heterocycles. The second-order valence-electron chi connectivity index (χ2n) is 3.70. The molecule has 0 N–H and O–H groups in total. The fourth-order valence-corrected chi connectivity index (χ4v) is 2.02. The maximum Gasteiger partial charge on any atom is 0.162 e. The molecule has 1 rings (SSSR count). The van der Waals surface area contributed by atoms with E-state index in [1.165, 1.54) is 0 Å². The van der Waals surface area contributed by atoms with Gasteiger partial charge >= 0.3 is 0 Å². The van der Waals surface area contributed by atoms with Crippen molar-refractivity contribution < 1.29 is 14.3 Å². The quantitative estimate of drug-likeness (QED) is 0.413. The van der Waals surface area contributed by atoms with E-state index in [-0.39, 0.29) is 5.78 Å². The Morgan fingerprint density at radius 1 is 1.39 bits per heavy atom. The number of ketones is 1.